The molecule has 0 bridgehead atoms. The molecule has 6 heteroatoms. The number of aryl methyl sites for hydroxylation is 1. The molecule has 20 heavy (non-hydrogen) atoms. The van der Waals surface area contributed by atoms with Crippen LogP contribution in [-0.2, 0) is 6.42 Å². The number of anilines is 1. The third-order valence-corrected chi connectivity index (χ3v) is 4.13. The van der Waals surface area contributed by atoms with Crippen molar-refractivity contribution >= 4 is 22.5 Å². The molecule has 0 atom stereocenters. The van der Waals surface area contributed by atoms with E-state index in [9.17, 15) is 4.79 Å². The number of urea groups is 1. The van der Waals surface area contributed by atoms with E-state index in [1.807, 2.05) is 10.3 Å². The van der Waals surface area contributed by atoms with Crippen molar-refractivity contribution in [2.45, 2.75) is 51.5 Å². The number of hydrogen-bond acceptors (Lipinski definition) is 4. The van der Waals surface area contributed by atoms with Crippen LogP contribution in [0.4, 0.5) is 9.93 Å². The fourth-order valence-corrected chi connectivity index (χ4v) is 2.86. The average Bonchev–Trinajstić information content (AvgIpc) is 3.17. The van der Waals surface area contributed by atoms with E-state index in [-0.39, 0.29) is 12.6 Å². The minimum absolute atomic E-state index is 0.0529. The van der Waals surface area contributed by atoms with Gasteiger partial charge in [-0.1, -0.05) is 13.3 Å². The lowest BCUT2D eigenvalue weighted by molar-refractivity contribution is 0.204. The Kier molecular flexibility index (Phi) is 5.79. The van der Waals surface area contributed by atoms with Gasteiger partial charge in [0.25, 0.3) is 0 Å². The van der Waals surface area contributed by atoms with E-state index in [2.05, 4.69) is 17.2 Å². The first-order valence-electron chi connectivity index (χ1n) is 7.37. The molecule has 0 aromatic carbocycles. The first-order valence-corrected chi connectivity index (χ1v) is 8.25. The average molecular weight is 297 g/mol. The number of aromatic nitrogens is 1. The third kappa shape index (κ3) is 4.45. The highest BCUT2D eigenvalue weighted by molar-refractivity contribution is 7.13. The van der Waals surface area contributed by atoms with Crippen LogP contribution in [-0.4, -0.2) is 40.2 Å². The van der Waals surface area contributed by atoms with Crippen LogP contribution in [0.2, 0.25) is 0 Å². The summed E-state index contributed by atoms with van der Waals surface area (Å²) < 4.78 is 0. The van der Waals surface area contributed by atoms with Gasteiger partial charge in [0, 0.05) is 24.6 Å². The summed E-state index contributed by atoms with van der Waals surface area (Å²) in [5.74, 6) is 0. The number of rotatable bonds is 8. The van der Waals surface area contributed by atoms with Crippen LogP contribution in [0, 0.1) is 0 Å². The van der Waals surface area contributed by atoms with E-state index in [0.29, 0.717) is 17.7 Å². The predicted octanol–water partition coefficient (Wildman–Crippen LogP) is 2.86. The van der Waals surface area contributed by atoms with Crippen LogP contribution in [0.15, 0.2) is 5.38 Å². The number of thiazole rings is 1. The first-order chi connectivity index (χ1) is 9.74. The minimum atomic E-state index is -0.0529. The molecule has 0 radical (unpaired) electrons. The topological polar surface area (TPSA) is 65.5 Å². The van der Waals surface area contributed by atoms with Crippen molar-refractivity contribution < 1.29 is 9.90 Å². The molecule has 0 unspecified atom stereocenters. The van der Waals surface area contributed by atoms with Crippen LogP contribution in [0.25, 0.3) is 0 Å². The maximum absolute atomic E-state index is 12.3. The smallest absolute Gasteiger partial charge is 0.323 e. The number of amides is 2. The van der Waals surface area contributed by atoms with E-state index in [1.165, 1.54) is 11.3 Å². The molecule has 2 rings (SSSR count). The van der Waals surface area contributed by atoms with Gasteiger partial charge in [-0.25, -0.2) is 9.78 Å². The van der Waals surface area contributed by atoms with Crippen molar-refractivity contribution in [2.24, 2.45) is 0 Å². The van der Waals surface area contributed by atoms with Crippen molar-refractivity contribution in [3.05, 3.63) is 11.1 Å². The molecular formula is C14H23N3O2S. The minimum Gasteiger partial charge on any atom is -0.396 e. The molecule has 1 aromatic rings. The second kappa shape index (κ2) is 7.59. The number of nitrogens with zero attached hydrogens (tertiary/aromatic N) is 2. The molecule has 1 aromatic heterocycles. The molecule has 1 aliphatic carbocycles. The molecule has 1 aliphatic rings. The lowest BCUT2D eigenvalue weighted by atomic mass is 10.3. The summed E-state index contributed by atoms with van der Waals surface area (Å²) in [4.78, 5) is 18.6. The molecule has 1 heterocycles. The molecule has 0 saturated heterocycles. The Bertz CT molecular complexity index is 432. The van der Waals surface area contributed by atoms with Gasteiger partial charge in [-0.3, -0.25) is 5.32 Å². The SMILES string of the molecule is CCCc1csc(NC(=O)N(CCCCO)C2CC2)n1. The first kappa shape index (κ1) is 15.3. The zero-order valence-electron chi connectivity index (χ0n) is 12.0. The summed E-state index contributed by atoms with van der Waals surface area (Å²) in [7, 11) is 0. The van der Waals surface area contributed by atoms with Gasteiger partial charge in [-0.05, 0) is 32.1 Å². The van der Waals surface area contributed by atoms with Crippen molar-refractivity contribution in [3.63, 3.8) is 0 Å². The Balaban J connectivity index is 1.86. The maximum Gasteiger partial charge on any atom is 0.323 e. The van der Waals surface area contributed by atoms with Crippen molar-refractivity contribution in [2.75, 3.05) is 18.5 Å². The summed E-state index contributed by atoms with van der Waals surface area (Å²) >= 11 is 1.49. The molecular weight excluding hydrogens is 274 g/mol. The van der Waals surface area contributed by atoms with Crippen molar-refractivity contribution in [1.29, 1.82) is 0 Å². The highest BCUT2D eigenvalue weighted by Crippen LogP contribution is 2.28. The fourth-order valence-electron chi connectivity index (χ4n) is 2.13. The Morgan fingerprint density at radius 3 is 3.00 bits per heavy atom. The summed E-state index contributed by atoms with van der Waals surface area (Å²) in [5.41, 5.74) is 1.05. The Morgan fingerprint density at radius 1 is 1.55 bits per heavy atom. The molecule has 1 fully saturated rings. The van der Waals surface area contributed by atoms with Gasteiger partial charge in [0.15, 0.2) is 5.13 Å². The molecule has 2 amide bonds. The van der Waals surface area contributed by atoms with Crippen LogP contribution < -0.4 is 5.32 Å². The van der Waals surface area contributed by atoms with Crippen LogP contribution in [0.3, 0.4) is 0 Å². The number of aliphatic hydroxyl groups excluding tert-OH is 1. The van der Waals surface area contributed by atoms with Crippen LogP contribution in [0.5, 0.6) is 0 Å². The van der Waals surface area contributed by atoms with Crippen LogP contribution >= 0.6 is 11.3 Å². The van der Waals surface area contributed by atoms with Gasteiger partial charge in [0.05, 0.1) is 5.69 Å². The van der Waals surface area contributed by atoms with Gasteiger partial charge in [0.2, 0.25) is 0 Å². The highest BCUT2D eigenvalue weighted by atomic mass is 32.1. The molecule has 2 N–H and O–H groups in total. The summed E-state index contributed by atoms with van der Waals surface area (Å²) in [6.45, 7) is 3.02. The van der Waals surface area contributed by atoms with Gasteiger partial charge < -0.3 is 10.0 Å². The Morgan fingerprint density at radius 2 is 2.35 bits per heavy atom. The number of nitrogens with one attached hydrogen (secondary N) is 1. The maximum atomic E-state index is 12.3. The molecule has 0 spiro atoms. The van der Waals surface area contributed by atoms with E-state index in [4.69, 9.17) is 5.11 Å². The third-order valence-electron chi connectivity index (χ3n) is 3.33. The monoisotopic (exact) mass is 297 g/mol. The van der Waals surface area contributed by atoms with Crippen LogP contribution in [0.1, 0.15) is 44.7 Å². The number of hydrogen-bond donors (Lipinski definition) is 2. The normalized spacial score (nSPS) is 14.3. The Labute approximate surface area is 124 Å². The van der Waals surface area contributed by atoms with Crippen molar-refractivity contribution in [1.82, 2.24) is 9.88 Å². The molecule has 112 valence electrons. The fraction of sp³-hybridized carbons (Fsp3) is 0.714. The standard InChI is InChI=1S/C14H23N3O2S/c1-2-5-11-10-20-13(15-11)16-14(19)17(12-6-7-12)8-3-4-9-18/h10,12,18H,2-9H2,1H3,(H,15,16,19). The number of carbonyl (C=O) groups excluding carboxylic acids is 1. The van der Waals surface area contributed by atoms with E-state index in [0.717, 1.165) is 44.2 Å². The zero-order valence-corrected chi connectivity index (χ0v) is 12.8. The number of carbonyl (C=O) groups is 1. The summed E-state index contributed by atoms with van der Waals surface area (Å²) in [6.07, 6.45) is 5.78. The lowest BCUT2D eigenvalue weighted by Crippen LogP contribution is -2.37. The van der Waals surface area contributed by atoms with Gasteiger partial charge in [-0.2, -0.15) is 0 Å². The number of unbranched alkanes of at least 4 members (excludes halogenated alkanes) is 1. The number of aliphatic hydroxyl groups is 1. The lowest BCUT2D eigenvalue weighted by Gasteiger charge is -2.21. The molecule has 1 saturated carbocycles. The predicted molar refractivity (Wildman–Crippen MR) is 81.2 cm³/mol. The van der Waals surface area contributed by atoms with Gasteiger partial charge in [-0.15, -0.1) is 11.3 Å². The second-order valence-corrected chi connectivity index (χ2v) is 6.04. The summed E-state index contributed by atoms with van der Waals surface area (Å²) in [5, 5.41) is 14.4. The van der Waals surface area contributed by atoms with Crippen molar-refractivity contribution in [3.8, 4) is 0 Å². The van der Waals surface area contributed by atoms with E-state index < -0.39 is 0 Å². The quantitative estimate of drug-likeness (QED) is 0.725. The van der Waals surface area contributed by atoms with Gasteiger partial charge in [0.1, 0.15) is 0 Å². The Hall–Kier alpha value is -1.14. The van der Waals surface area contributed by atoms with E-state index in [1.54, 1.807) is 0 Å². The zero-order chi connectivity index (χ0) is 14.4. The highest BCUT2D eigenvalue weighted by Gasteiger charge is 2.32. The summed E-state index contributed by atoms with van der Waals surface area (Å²) in [6, 6.07) is 0.326. The molecule has 5 nitrogen and oxygen atoms in total. The van der Waals surface area contributed by atoms with Gasteiger partial charge >= 0.3 is 6.03 Å². The molecule has 0 aliphatic heterocycles. The largest absolute Gasteiger partial charge is 0.396 e. The van der Waals surface area contributed by atoms with E-state index >= 15 is 0 Å². The second-order valence-electron chi connectivity index (χ2n) is 5.18.